The number of carbonyl (C=O) groups is 3. The summed E-state index contributed by atoms with van der Waals surface area (Å²) in [5.41, 5.74) is 8.41. The molecular formula is C21H19N3O3. The fourth-order valence-corrected chi connectivity index (χ4v) is 3.58. The zero-order valence-corrected chi connectivity index (χ0v) is 14.7. The van der Waals surface area contributed by atoms with Gasteiger partial charge in [-0.05, 0) is 30.2 Å². The number of nitrogens with one attached hydrogen (secondary N) is 1. The molecule has 27 heavy (non-hydrogen) atoms. The van der Waals surface area contributed by atoms with Crippen molar-refractivity contribution in [1.82, 2.24) is 9.88 Å². The van der Waals surface area contributed by atoms with Crippen LogP contribution in [0.3, 0.4) is 0 Å². The van der Waals surface area contributed by atoms with Gasteiger partial charge in [0.05, 0.1) is 0 Å². The van der Waals surface area contributed by atoms with Gasteiger partial charge >= 0.3 is 0 Å². The number of aryl methyl sites for hydroxylation is 1. The average Bonchev–Trinajstić information content (AvgIpc) is 2.93. The summed E-state index contributed by atoms with van der Waals surface area (Å²) >= 11 is 0. The second kappa shape index (κ2) is 6.72. The molecule has 0 saturated heterocycles. The first kappa shape index (κ1) is 17.0. The first-order valence-electron chi connectivity index (χ1n) is 8.87. The molecule has 136 valence electrons. The van der Waals surface area contributed by atoms with E-state index < -0.39 is 5.91 Å². The highest BCUT2D eigenvalue weighted by Crippen LogP contribution is 2.24. The molecule has 2 amide bonds. The minimum atomic E-state index is -0.545. The normalized spacial score (nSPS) is 13.7. The fraction of sp³-hybridized carbons (Fsp3) is 0.190. The van der Waals surface area contributed by atoms with Crippen LogP contribution in [0.15, 0.2) is 48.5 Å². The molecule has 0 bridgehead atoms. The highest BCUT2D eigenvalue weighted by Gasteiger charge is 2.19. The Balaban J connectivity index is 1.70. The van der Waals surface area contributed by atoms with Crippen molar-refractivity contribution in [3.63, 3.8) is 0 Å². The maximum Gasteiger partial charge on any atom is 0.267 e. The van der Waals surface area contributed by atoms with Crippen LogP contribution in [0, 0.1) is 0 Å². The molecule has 0 fully saturated rings. The largest absolute Gasteiger partial charge is 0.366 e. The third-order valence-corrected chi connectivity index (χ3v) is 4.94. The number of benzene rings is 2. The topological polar surface area (TPSA) is 94.2 Å². The molecule has 0 aliphatic carbocycles. The Bertz CT molecular complexity index is 1080. The summed E-state index contributed by atoms with van der Waals surface area (Å²) in [6, 6.07) is 14.2. The Morgan fingerprint density at radius 2 is 1.93 bits per heavy atom. The van der Waals surface area contributed by atoms with Crippen molar-refractivity contribution in [2.75, 3.05) is 6.54 Å². The van der Waals surface area contributed by atoms with E-state index in [1.54, 1.807) is 30.3 Å². The van der Waals surface area contributed by atoms with Gasteiger partial charge in [0.15, 0.2) is 5.78 Å². The van der Waals surface area contributed by atoms with Gasteiger partial charge in [-0.25, -0.2) is 0 Å². The number of fused-ring (bicyclic) bond motifs is 3. The number of aromatic nitrogens is 1. The van der Waals surface area contributed by atoms with Gasteiger partial charge in [0, 0.05) is 41.5 Å². The van der Waals surface area contributed by atoms with Crippen LogP contribution in [0.1, 0.15) is 43.2 Å². The smallest absolute Gasteiger partial charge is 0.267 e. The minimum absolute atomic E-state index is 0.0908. The Hall–Kier alpha value is -3.41. The first-order chi connectivity index (χ1) is 13.0. The molecule has 3 aromatic rings. The summed E-state index contributed by atoms with van der Waals surface area (Å²) in [6.07, 6.45) is 0.936. The van der Waals surface area contributed by atoms with Gasteiger partial charge < -0.3 is 15.6 Å². The number of carbonyl (C=O) groups excluding carboxylic acids is 3. The fourth-order valence-electron chi connectivity index (χ4n) is 3.58. The summed E-state index contributed by atoms with van der Waals surface area (Å²) in [6.45, 7) is 1.37. The SMILES string of the molecule is NC(=O)c1ccccc1CC(=O)c1ccc2cc3n(c2c1)CCCNC3=O. The number of primary amides is 1. The quantitative estimate of drug-likeness (QED) is 0.698. The Morgan fingerprint density at radius 1 is 1.11 bits per heavy atom. The summed E-state index contributed by atoms with van der Waals surface area (Å²) in [5, 5.41) is 3.81. The molecule has 1 aliphatic heterocycles. The first-order valence-corrected chi connectivity index (χ1v) is 8.87. The van der Waals surface area contributed by atoms with Gasteiger partial charge in [-0.2, -0.15) is 0 Å². The van der Waals surface area contributed by atoms with Crippen molar-refractivity contribution >= 4 is 28.5 Å². The van der Waals surface area contributed by atoms with E-state index >= 15 is 0 Å². The molecule has 3 N–H and O–H groups in total. The van der Waals surface area contributed by atoms with E-state index in [0.717, 1.165) is 23.9 Å². The second-order valence-electron chi connectivity index (χ2n) is 6.69. The third-order valence-electron chi connectivity index (χ3n) is 4.94. The van der Waals surface area contributed by atoms with Gasteiger partial charge in [0.2, 0.25) is 5.91 Å². The van der Waals surface area contributed by atoms with Crippen LogP contribution >= 0.6 is 0 Å². The minimum Gasteiger partial charge on any atom is -0.366 e. The predicted octanol–water partition coefficient (Wildman–Crippen LogP) is 2.30. The van der Waals surface area contributed by atoms with E-state index in [4.69, 9.17) is 5.73 Å². The van der Waals surface area contributed by atoms with Gasteiger partial charge in [-0.3, -0.25) is 14.4 Å². The molecule has 0 unspecified atom stereocenters. The van der Waals surface area contributed by atoms with Gasteiger partial charge in [-0.1, -0.05) is 30.3 Å². The lowest BCUT2D eigenvalue weighted by Gasteiger charge is -2.08. The Labute approximate surface area is 156 Å². The van der Waals surface area contributed by atoms with Gasteiger partial charge in [-0.15, -0.1) is 0 Å². The number of Topliss-reactive ketones (excluding diaryl/α,β-unsaturated/α-hetero) is 1. The molecule has 6 heteroatoms. The molecule has 6 nitrogen and oxygen atoms in total. The number of hydrogen-bond donors (Lipinski definition) is 2. The highest BCUT2D eigenvalue weighted by atomic mass is 16.2. The number of amides is 2. The summed E-state index contributed by atoms with van der Waals surface area (Å²) in [4.78, 5) is 36.6. The summed E-state index contributed by atoms with van der Waals surface area (Å²) < 4.78 is 1.96. The number of nitrogens with zero attached hydrogens (tertiary/aromatic N) is 1. The van der Waals surface area contributed by atoms with Crippen LogP contribution in [0.4, 0.5) is 0 Å². The van der Waals surface area contributed by atoms with Crippen molar-refractivity contribution in [3.05, 3.63) is 70.9 Å². The molecule has 0 saturated carbocycles. The number of hydrogen-bond acceptors (Lipinski definition) is 3. The van der Waals surface area contributed by atoms with Gasteiger partial charge in [0.1, 0.15) is 5.69 Å². The number of ketones is 1. The predicted molar refractivity (Wildman–Crippen MR) is 102 cm³/mol. The number of rotatable bonds is 4. The molecule has 1 aromatic heterocycles. The highest BCUT2D eigenvalue weighted by molar-refractivity contribution is 6.04. The van der Waals surface area contributed by atoms with Crippen LogP contribution in [0.5, 0.6) is 0 Å². The zero-order valence-electron chi connectivity index (χ0n) is 14.7. The molecule has 1 aliphatic rings. The van der Waals surface area contributed by atoms with Crippen LogP contribution in [0.25, 0.3) is 10.9 Å². The van der Waals surface area contributed by atoms with Crippen molar-refractivity contribution in [2.24, 2.45) is 5.73 Å². The van der Waals surface area contributed by atoms with E-state index in [-0.39, 0.29) is 18.1 Å². The van der Waals surface area contributed by atoms with Crippen molar-refractivity contribution in [3.8, 4) is 0 Å². The maximum absolute atomic E-state index is 12.8. The molecule has 2 heterocycles. The van der Waals surface area contributed by atoms with E-state index in [2.05, 4.69) is 5.32 Å². The lowest BCUT2D eigenvalue weighted by atomic mass is 9.98. The Morgan fingerprint density at radius 3 is 2.74 bits per heavy atom. The molecule has 0 radical (unpaired) electrons. The van der Waals surface area contributed by atoms with E-state index in [9.17, 15) is 14.4 Å². The molecule has 0 atom stereocenters. The molecule has 4 rings (SSSR count). The Kier molecular flexibility index (Phi) is 4.24. The van der Waals surface area contributed by atoms with E-state index in [1.165, 1.54) is 0 Å². The number of nitrogens with two attached hydrogens (primary N) is 1. The maximum atomic E-state index is 12.8. The average molecular weight is 361 g/mol. The summed E-state index contributed by atoms with van der Waals surface area (Å²) in [7, 11) is 0. The third kappa shape index (κ3) is 3.10. The monoisotopic (exact) mass is 361 g/mol. The molecular weight excluding hydrogens is 342 g/mol. The van der Waals surface area contributed by atoms with Crippen LogP contribution in [0.2, 0.25) is 0 Å². The van der Waals surface area contributed by atoms with Crippen molar-refractivity contribution in [2.45, 2.75) is 19.4 Å². The van der Waals surface area contributed by atoms with Crippen molar-refractivity contribution in [1.29, 1.82) is 0 Å². The second-order valence-corrected chi connectivity index (χ2v) is 6.69. The van der Waals surface area contributed by atoms with E-state index in [1.807, 2.05) is 22.8 Å². The van der Waals surface area contributed by atoms with Crippen LogP contribution < -0.4 is 11.1 Å². The zero-order chi connectivity index (χ0) is 19.0. The standard InChI is InChI=1S/C21H19N3O3/c22-20(26)16-5-2-1-4-13(16)12-19(25)15-7-6-14-10-18-21(27)23-8-3-9-24(18)17(14)11-15/h1-2,4-7,10-11H,3,8-9,12H2,(H2,22,26)(H,23,27). The lowest BCUT2D eigenvalue weighted by Crippen LogP contribution is -2.22. The van der Waals surface area contributed by atoms with E-state index in [0.29, 0.717) is 28.9 Å². The lowest BCUT2D eigenvalue weighted by molar-refractivity contribution is 0.0948. The molecule has 0 spiro atoms. The van der Waals surface area contributed by atoms with Crippen LogP contribution in [-0.4, -0.2) is 28.7 Å². The van der Waals surface area contributed by atoms with Crippen molar-refractivity contribution < 1.29 is 14.4 Å². The van der Waals surface area contributed by atoms with Gasteiger partial charge in [0.25, 0.3) is 5.91 Å². The molecule has 2 aromatic carbocycles. The summed E-state index contributed by atoms with van der Waals surface area (Å²) in [5.74, 6) is -0.733. The van der Waals surface area contributed by atoms with Crippen LogP contribution in [-0.2, 0) is 13.0 Å².